The molecule has 0 N–H and O–H groups in total. The van der Waals surface area contributed by atoms with E-state index in [0.717, 1.165) is 53.6 Å². The number of benzene rings is 4. The predicted molar refractivity (Wildman–Crippen MR) is 154 cm³/mol. The van der Waals surface area contributed by atoms with E-state index in [1.165, 1.54) is 11.1 Å². The van der Waals surface area contributed by atoms with Gasteiger partial charge in [-0.15, -0.1) is 10.2 Å². The number of aromatic nitrogens is 6. The van der Waals surface area contributed by atoms with Gasteiger partial charge in [0.1, 0.15) is 21.4 Å². The average molecular weight is 523 g/mol. The number of para-hydroxylation sites is 2. The summed E-state index contributed by atoms with van der Waals surface area (Å²) < 4.78 is 4.03. The molecule has 1 aliphatic rings. The Morgan fingerprint density at radius 3 is 1.20 bits per heavy atom. The quantitative estimate of drug-likeness (QED) is 0.263. The number of fused-ring (bicyclic) bond motifs is 4. The van der Waals surface area contributed by atoms with Gasteiger partial charge in [-0.1, -0.05) is 123 Å². The summed E-state index contributed by atoms with van der Waals surface area (Å²) in [6, 6.07) is 33.7. The zero-order valence-corrected chi connectivity index (χ0v) is 23.1. The van der Waals surface area contributed by atoms with E-state index in [1.807, 2.05) is 9.36 Å². The third-order valence-corrected chi connectivity index (χ3v) is 7.79. The molecule has 0 spiro atoms. The minimum atomic E-state index is 0.330. The van der Waals surface area contributed by atoms with Gasteiger partial charge in [0, 0.05) is 20.9 Å². The van der Waals surface area contributed by atoms with Crippen molar-refractivity contribution in [3.8, 4) is 11.4 Å². The van der Waals surface area contributed by atoms with Crippen LogP contribution in [-0.2, 0) is 0 Å². The van der Waals surface area contributed by atoms with Crippen LogP contribution in [0.4, 0.5) is 0 Å². The molecule has 7 rings (SSSR count). The molecule has 6 aromatic rings. The number of hydrogen-bond acceptors (Lipinski definition) is 4. The van der Waals surface area contributed by atoms with Gasteiger partial charge in [-0.2, -0.15) is 0 Å². The molecule has 40 heavy (non-hydrogen) atoms. The van der Waals surface area contributed by atoms with Gasteiger partial charge in [-0.25, -0.2) is 9.36 Å². The van der Waals surface area contributed by atoms with E-state index in [-0.39, 0.29) is 0 Å². The highest BCUT2D eigenvalue weighted by Gasteiger charge is 2.16. The third-order valence-electron chi connectivity index (χ3n) is 7.79. The fourth-order valence-corrected chi connectivity index (χ4v) is 5.88. The first kappa shape index (κ1) is 24.2. The van der Waals surface area contributed by atoms with Crippen molar-refractivity contribution in [3.05, 3.63) is 150 Å². The second-order valence-corrected chi connectivity index (χ2v) is 10.9. The molecule has 196 valence electrons. The Bertz CT molecular complexity index is 2130. The van der Waals surface area contributed by atoms with Gasteiger partial charge in [0.2, 0.25) is 0 Å². The molecule has 0 atom stereocenters. The summed E-state index contributed by atoms with van der Waals surface area (Å²) in [5.74, 6) is 0.661. The standard InChI is InChI=1S/C34H30N6/c1-21(2)23-13-9-11-19-29(23)39-33-27-17-7-8-18-28(27)34-32(26-16-6-5-15-25(26)31(33)35-37-39)36-38-40(34)30-20-12-10-14-24(30)22(3)4/h5-22H,1-4H3/b31-25+,32-26+,33-27+,34-28+. The lowest BCUT2D eigenvalue weighted by atomic mass is 10.0. The summed E-state index contributed by atoms with van der Waals surface area (Å²) in [4.78, 5) is 0. The Balaban J connectivity index is 1.83. The summed E-state index contributed by atoms with van der Waals surface area (Å²) >= 11 is 0. The normalized spacial score (nSPS) is 15.6. The Morgan fingerprint density at radius 1 is 0.450 bits per heavy atom. The second kappa shape index (κ2) is 9.42. The fourth-order valence-electron chi connectivity index (χ4n) is 5.88. The van der Waals surface area contributed by atoms with Crippen LogP contribution >= 0.6 is 0 Å². The van der Waals surface area contributed by atoms with Crippen molar-refractivity contribution < 1.29 is 0 Å². The molecular weight excluding hydrogens is 492 g/mol. The maximum atomic E-state index is 4.81. The van der Waals surface area contributed by atoms with E-state index in [1.54, 1.807) is 0 Å². The van der Waals surface area contributed by atoms with Crippen LogP contribution in [0.3, 0.4) is 0 Å². The number of nitrogens with zero attached hydrogens (tertiary/aromatic N) is 6. The van der Waals surface area contributed by atoms with Crippen molar-refractivity contribution in [1.29, 1.82) is 0 Å². The molecule has 2 aromatic heterocycles. The van der Waals surface area contributed by atoms with Gasteiger partial charge in [-0.3, -0.25) is 0 Å². The zero-order valence-electron chi connectivity index (χ0n) is 23.1. The zero-order chi connectivity index (χ0) is 27.4. The van der Waals surface area contributed by atoms with E-state index in [4.69, 9.17) is 20.6 Å². The van der Waals surface area contributed by atoms with Crippen LogP contribution < -0.4 is 0 Å². The Morgan fingerprint density at radius 2 is 0.800 bits per heavy atom. The van der Waals surface area contributed by atoms with Crippen molar-refractivity contribution in [1.82, 2.24) is 30.0 Å². The summed E-state index contributed by atoms with van der Waals surface area (Å²) in [5.41, 5.74) is 4.52. The average Bonchev–Trinajstić information content (AvgIpc) is 3.61. The van der Waals surface area contributed by atoms with Crippen LogP contribution in [0.5, 0.6) is 0 Å². The van der Waals surface area contributed by atoms with Crippen molar-refractivity contribution in [2.75, 3.05) is 0 Å². The molecular formula is C34H30N6. The van der Waals surface area contributed by atoms with Crippen molar-refractivity contribution >= 4 is 0 Å². The molecule has 0 aliphatic heterocycles. The lowest BCUT2D eigenvalue weighted by molar-refractivity contribution is 0.754. The van der Waals surface area contributed by atoms with Gasteiger partial charge in [0.15, 0.2) is 0 Å². The molecule has 0 unspecified atom stereocenters. The molecule has 0 amide bonds. The molecule has 2 heterocycles. The highest BCUT2D eigenvalue weighted by molar-refractivity contribution is 5.44. The molecule has 0 fully saturated rings. The first-order valence-electron chi connectivity index (χ1n) is 13.8. The van der Waals surface area contributed by atoms with Gasteiger partial charge in [-0.05, 0) is 35.1 Å². The highest BCUT2D eigenvalue weighted by Crippen LogP contribution is 2.25. The Labute approximate surface area is 231 Å². The second-order valence-electron chi connectivity index (χ2n) is 10.9. The Kier molecular flexibility index (Phi) is 5.70. The predicted octanol–water partition coefficient (Wildman–Crippen LogP) is 6.56. The summed E-state index contributed by atoms with van der Waals surface area (Å²) in [6.07, 6.45) is 0. The van der Waals surface area contributed by atoms with E-state index in [9.17, 15) is 0 Å². The maximum Gasteiger partial charge on any atom is 0.122 e. The third kappa shape index (κ3) is 3.63. The summed E-state index contributed by atoms with van der Waals surface area (Å²) in [5, 5.41) is 26.9. The maximum absolute atomic E-state index is 4.81. The van der Waals surface area contributed by atoms with Crippen LogP contribution in [0.15, 0.2) is 97.1 Å². The van der Waals surface area contributed by atoms with Crippen molar-refractivity contribution in [2.45, 2.75) is 39.5 Å². The molecule has 0 bridgehead atoms. The van der Waals surface area contributed by atoms with Gasteiger partial charge in [0.05, 0.1) is 11.4 Å². The summed E-state index contributed by atoms with van der Waals surface area (Å²) in [7, 11) is 0. The Hall–Kier alpha value is -4.84. The van der Waals surface area contributed by atoms with Gasteiger partial charge < -0.3 is 0 Å². The molecule has 4 aromatic carbocycles. The van der Waals surface area contributed by atoms with Crippen LogP contribution in [0.2, 0.25) is 0 Å². The van der Waals surface area contributed by atoms with Crippen LogP contribution in [0, 0.1) is 42.3 Å². The number of rotatable bonds is 4. The molecule has 0 radical (unpaired) electrons. The molecule has 6 nitrogen and oxygen atoms in total. The lowest BCUT2D eigenvalue weighted by Crippen LogP contribution is -2.06. The first-order chi connectivity index (χ1) is 19.5. The van der Waals surface area contributed by atoms with Crippen LogP contribution in [-0.4, -0.2) is 30.0 Å². The van der Waals surface area contributed by atoms with Crippen molar-refractivity contribution in [2.24, 2.45) is 0 Å². The molecule has 1 aliphatic carbocycles. The monoisotopic (exact) mass is 522 g/mol. The van der Waals surface area contributed by atoms with Gasteiger partial charge in [0.25, 0.3) is 0 Å². The molecule has 0 saturated heterocycles. The topological polar surface area (TPSA) is 61.4 Å². The number of hydrogen-bond donors (Lipinski definition) is 0. The van der Waals surface area contributed by atoms with Crippen LogP contribution in [0.25, 0.3) is 11.4 Å². The SMILES string of the molecule is CC(C)c1ccccc1-n1nnc2/c1=c1/cccc/c1=c1/c(nnn1-c1ccccc1C(C)C)=c1/cccc/c1=2. The fraction of sp³-hybridized carbons (Fsp3) is 0.176. The highest BCUT2D eigenvalue weighted by atomic mass is 15.4. The molecule has 0 saturated carbocycles. The van der Waals surface area contributed by atoms with E-state index in [2.05, 4.69) is 125 Å². The van der Waals surface area contributed by atoms with E-state index >= 15 is 0 Å². The summed E-state index contributed by atoms with van der Waals surface area (Å²) in [6.45, 7) is 8.85. The minimum Gasteiger partial charge on any atom is -0.212 e. The van der Waals surface area contributed by atoms with E-state index in [0.29, 0.717) is 11.8 Å². The largest absolute Gasteiger partial charge is 0.212 e. The van der Waals surface area contributed by atoms with Crippen molar-refractivity contribution in [3.63, 3.8) is 0 Å². The van der Waals surface area contributed by atoms with E-state index < -0.39 is 0 Å². The minimum absolute atomic E-state index is 0.330. The van der Waals surface area contributed by atoms with Gasteiger partial charge >= 0.3 is 0 Å². The smallest absolute Gasteiger partial charge is 0.122 e. The first-order valence-corrected chi connectivity index (χ1v) is 13.8. The lowest BCUT2D eigenvalue weighted by Gasteiger charge is -2.13. The molecule has 6 heteroatoms. The van der Waals surface area contributed by atoms with Crippen LogP contribution in [0.1, 0.15) is 50.7 Å².